The van der Waals surface area contributed by atoms with E-state index >= 15 is 0 Å². The van der Waals surface area contributed by atoms with E-state index in [1.807, 2.05) is 31.2 Å². The van der Waals surface area contributed by atoms with Gasteiger partial charge in [0.15, 0.2) is 0 Å². The van der Waals surface area contributed by atoms with Gasteiger partial charge in [0.1, 0.15) is 5.75 Å². The maximum Gasteiger partial charge on any atom is 0.244 e. The molecule has 1 aliphatic carbocycles. The van der Waals surface area contributed by atoms with E-state index in [9.17, 15) is 4.79 Å². The molecule has 20 heavy (non-hydrogen) atoms. The fourth-order valence-electron chi connectivity index (χ4n) is 2.45. The minimum absolute atomic E-state index is 0.0873. The molecule has 0 heterocycles. The zero-order valence-electron chi connectivity index (χ0n) is 12.3. The molecule has 1 aromatic carbocycles. The smallest absolute Gasteiger partial charge is 0.244 e. The minimum Gasteiger partial charge on any atom is -0.491 e. The zero-order chi connectivity index (χ0) is 14.6. The van der Waals surface area contributed by atoms with Gasteiger partial charge < -0.3 is 15.8 Å². The third-order valence-electron chi connectivity index (χ3n) is 3.95. The van der Waals surface area contributed by atoms with Crippen LogP contribution >= 0.6 is 0 Å². The Labute approximate surface area is 120 Å². The molecule has 1 atom stereocenters. The fraction of sp³-hybridized carbons (Fsp3) is 0.562. The van der Waals surface area contributed by atoms with Crippen molar-refractivity contribution in [3.8, 4) is 5.75 Å². The van der Waals surface area contributed by atoms with Crippen molar-refractivity contribution in [2.45, 2.75) is 57.6 Å². The molecule has 1 aliphatic rings. The van der Waals surface area contributed by atoms with Crippen LogP contribution in [0.4, 0.5) is 5.69 Å². The standard InChI is InChI=1S/C16H24N2O2/c1-3-12(2)20-14-8-6-7-13(11-14)18-15(19)16(17)9-4-5-10-16/h6-8,11-12H,3-5,9-10,17H2,1-2H3,(H,18,19). The van der Waals surface area contributed by atoms with Gasteiger partial charge in [-0.15, -0.1) is 0 Å². The molecule has 1 unspecified atom stereocenters. The average molecular weight is 276 g/mol. The number of ether oxygens (including phenoxy) is 1. The molecule has 110 valence electrons. The highest BCUT2D eigenvalue weighted by Gasteiger charge is 2.36. The van der Waals surface area contributed by atoms with Crippen LogP contribution in [0.3, 0.4) is 0 Å². The number of nitrogens with one attached hydrogen (secondary N) is 1. The Bertz CT molecular complexity index is 467. The largest absolute Gasteiger partial charge is 0.491 e. The van der Waals surface area contributed by atoms with Crippen molar-refractivity contribution >= 4 is 11.6 Å². The van der Waals surface area contributed by atoms with Gasteiger partial charge in [0, 0.05) is 11.8 Å². The van der Waals surface area contributed by atoms with E-state index in [0.717, 1.165) is 43.5 Å². The highest BCUT2D eigenvalue weighted by atomic mass is 16.5. The predicted octanol–water partition coefficient (Wildman–Crippen LogP) is 3.07. The number of amides is 1. The number of hydrogen-bond acceptors (Lipinski definition) is 3. The van der Waals surface area contributed by atoms with Gasteiger partial charge in [-0.1, -0.05) is 25.8 Å². The van der Waals surface area contributed by atoms with Gasteiger partial charge in [-0.25, -0.2) is 0 Å². The van der Waals surface area contributed by atoms with Crippen molar-refractivity contribution in [3.63, 3.8) is 0 Å². The summed E-state index contributed by atoms with van der Waals surface area (Å²) < 4.78 is 5.75. The number of hydrogen-bond donors (Lipinski definition) is 2. The lowest BCUT2D eigenvalue weighted by molar-refractivity contribution is -0.121. The molecule has 1 fully saturated rings. The molecule has 1 amide bonds. The van der Waals surface area contributed by atoms with Crippen LogP contribution in [0, 0.1) is 0 Å². The Morgan fingerprint density at radius 2 is 2.15 bits per heavy atom. The lowest BCUT2D eigenvalue weighted by Gasteiger charge is -2.22. The quantitative estimate of drug-likeness (QED) is 0.868. The van der Waals surface area contributed by atoms with E-state index in [4.69, 9.17) is 10.5 Å². The molecule has 0 spiro atoms. The third kappa shape index (κ3) is 3.51. The van der Waals surface area contributed by atoms with E-state index in [0.29, 0.717) is 0 Å². The molecule has 0 radical (unpaired) electrons. The Balaban J connectivity index is 2.02. The Kier molecular flexibility index (Phi) is 4.65. The molecule has 2 rings (SSSR count). The van der Waals surface area contributed by atoms with Crippen molar-refractivity contribution in [1.82, 2.24) is 0 Å². The van der Waals surface area contributed by atoms with Gasteiger partial charge in [0.05, 0.1) is 11.6 Å². The maximum absolute atomic E-state index is 12.2. The number of carbonyl (C=O) groups excluding carboxylic acids is 1. The Morgan fingerprint density at radius 1 is 1.45 bits per heavy atom. The molecule has 0 aliphatic heterocycles. The normalized spacial score (nSPS) is 18.6. The van der Waals surface area contributed by atoms with Gasteiger partial charge in [-0.3, -0.25) is 4.79 Å². The summed E-state index contributed by atoms with van der Waals surface area (Å²) in [7, 11) is 0. The van der Waals surface area contributed by atoms with E-state index < -0.39 is 5.54 Å². The molecule has 4 nitrogen and oxygen atoms in total. The minimum atomic E-state index is -0.701. The summed E-state index contributed by atoms with van der Waals surface area (Å²) in [5, 5.41) is 2.91. The third-order valence-corrected chi connectivity index (χ3v) is 3.95. The highest BCUT2D eigenvalue weighted by Crippen LogP contribution is 2.29. The monoisotopic (exact) mass is 276 g/mol. The first-order valence-corrected chi connectivity index (χ1v) is 7.40. The topological polar surface area (TPSA) is 64.3 Å². The van der Waals surface area contributed by atoms with Gasteiger partial charge >= 0.3 is 0 Å². The first kappa shape index (κ1) is 14.9. The molecule has 0 bridgehead atoms. The molecule has 3 N–H and O–H groups in total. The summed E-state index contributed by atoms with van der Waals surface area (Å²) in [6, 6.07) is 7.49. The van der Waals surface area contributed by atoms with Crippen molar-refractivity contribution in [1.29, 1.82) is 0 Å². The second-order valence-electron chi connectivity index (χ2n) is 5.68. The molecule has 0 saturated heterocycles. The van der Waals surface area contributed by atoms with Crippen LogP contribution in [0.25, 0.3) is 0 Å². The van der Waals surface area contributed by atoms with Crippen LogP contribution in [0.2, 0.25) is 0 Å². The van der Waals surface area contributed by atoms with Crippen LogP contribution in [-0.4, -0.2) is 17.6 Å². The lowest BCUT2D eigenvalue weighted by atomic mass is 9.98. The lowest BCUT2D eigenvalue weighted by Crippen LogP contribution is -2.48. The number of rotatable bonds is 5. The second-order valence-corrected chi connectivity index (χ2v) is 5.68. The molecule has 1 aromatic rings. The SMILES string of the molecule is CCC(C)Oc1cccc(NC(=O)C2(N)CCCC2)c1. The first-order chi connectivity index (χ1) is 9.53. The van der Waals surface area contributed by atoms with Crippen molar-refractivity contribution in [2.75, 3.05) is 5.32 Å². The fourth-order valence-corrected chi connectivity index (χ4v) is 2.45. The highest BCUT2D eigenvalue weighted by molar-refractivity contribution is 5.98. The van der Waals surface area contributed by atoms with E-state index in [1.165, 1.54) is 0 Å². The van der Waals surface area contributed by atoms with Crippen molar-refractivity contribution in [3.05, 3.63) is 24.3 Å². The molecular weight excluding hydrogens is 252 g/mol. The van der Waals surface area contributed by atoms with Gasteiger partial charge in [0.25, 0.3) is 0 Å². The number of anilines is 1. The summed E-state index contributed by atoms with van der Waals surface area (Å²) >= 11 is 0. The van der Waals surface area contributed by atoms with Gasteiger partial charge in [-0.2, -0.15) is 0 Å². The summed E-state index contributed by atoms with van der Waals surface area (Å²) in [6.45, 7) is 4.10. The summed E-state index contributed by atoms with van der Waals surface area (Å²) in [5.41, 5.74) is 6.19. The van der Waals surface area contributed by atoms with Crippen molar-refractivity contribution in [2.24, 2.45) is 5.73 Å². The molecule has 4 heteroatoms. The van der Waals surface area contributed by atoms with E-state index in [1.54, 1.807) is 0 Å². The predicted molar refractivity (Wildman–Crippen MR) is 80.8 cm³/mol. The number of benzene rings is 1. The number of carbonyl (C=O) groups is 1. The van der Waals surface area contributed by atoms with Crippen LogP contribution in [0.1, 0.15) is 46.0 Å². The Morgan fingerprint density at radius 3 is 2.80 bits per heavy atom. The summed E-state index contributed by atoms with van der Waals surface area (Å²) in [4.78, 5) is 12.2. The molecule has 0 aromatic heterocycles. The molecule has 1 saturated carbocycles. The maximum atomic E-state index is 12.2. The first-order valence-electron chi connectivity index (χ1n) is 7.40. The van der Waals surface area contributed by atoms with E-state index in [-0.39, 0.29) is 12.0 Å². The summed E-state index contributed by atoms with van der Waals surface area (Å²) in [5.74, 6) is 0.685. The zero-order valence-corrected chi connectivity index (χ0v) is 12.3. The summed E-state index contributed by atoms with van der Waals surface area (Å²) in [6.07, 6.45) is 4.70. The second kappa shape index (κ2) is 6.27. The van der Waals surface area contributed by atoms with Crippen LogP contribution in [-0.2, 0) is 4.79 Å². The van der Waals surface area contributed by atoms with Gasteiger partial charge in [0.2, 0.25) is 5.91 Å². The van der Waals surface area contributed by atoms with Crippen molar-refractivity contribution < 1.29 is 9.53 Å². The van der Waals surface area contributed by atoms with Crippen LogP contribution in [0.5, 0.6) is 5.75 Å². The average Bonchev–Trinajstić information content (AvgIpc) is 2.87. The molecular formula is C16H24N2O2. The van der Waals surface area contributed by atoms with Crippen LogP contribution in [0.15, 0.2) is 24.3 Å². The van der Waals surface area contributed by atoms with Gasteiger partial charge in [-0.05, 0) is 38.3 Å². The van der Waals surface area contributed by atoms with E-state index in [2.05, 4.69) is 12.2 Å². The Hall–Kier alpha value is -1.55. The van der Waals surface area contributed by atoms with Crippen LogP contribution < -0.4 is 15.8 Å². The number of nitrogens with two attached hydrogens (primary N) is 1.